The number of rotatable bonds is 1. The molecule has 1 aromatic carbocycles. The van der Waals surface area contributed by atoms with Crippen LogP contribution in [0, 0.1) is 0 Å². The van der Waals surface area contributed by atoms with Gasteiger partial charge in [0.1, 0.15) is 0 Å². The molecule has 0 spiro atoms. The number of benzene rings is 1. The SMILES string of the molecule is CNC1CC2CCc3cccc1c32. The molecule has 0 radical (unpaired) electrons. The highest BCUT2D eigenvalue weighted by Crippen LogP contribution is 2.48. The predicted molar refractivity (Wildman–Crippen MR) is 53.9 cm³/mol. The second kappa shape index (κ2) is 2.58. The van der Waals surface area contributed by atoms with Crippen molar-refractivity contribution < 1.29 is 0 Å². The van der Waals surface area contributed by atoms with Crippen molar-refractivity contribution in [2.75, 3.05) is 7.05 Å². The van der Waals surface area contributed by atoms with E-state index in [1.54, 1.807) is 16.7 Å². The molecule has 2 aliphatic carbocycles. The lowest BCUT2D eigenvalue weighted by molar-refractivity contribution is 0.525. The van der Waals surface area contributed by atoms with Gasteiger partial charge >= 0.3 is 0 Å². The standard InChI is InChI=1S/C12H15N/c1-13-11-7-9-6-5-8-3-2-4-10(11)12(8)9/h2-4,9,11,13H,5-7H2,1H3. The Bertz CT molecular complexity index is 343. The number of aryl methyl sites for hydroxylation is 1. The Kier molecular flexibility index (Phi) is 1.50. The molecule has 0 fully saturated rings. The van der Waals surface area contributed by atoms with Gasteiger partial charge in [-0.2, -0.15) is 0 Å². The van der Waals surface area contributed by atoms with Crippen molar-refractivity contribution in [3.63, 3.8) is 0 Å². The van der Waals surface area contributed by atoms with Gasteiger partial charge in [-0.25, -0.2) is 0 Å². The minimum absolute atomic E-state index is 0.625. The first kappa shape index (κ1) is 7.57. The fraction of sp³-hybridized carbons (Fsp3) is 0.500. The maximum absolute atomic E-state index is 3.41. The molecule has 0 aromatic heterocycles. The Hall–Kier alpha value is -0.820. The molecule has 0 bridgehead atoms. The lowest BCUT2D eigenvalue weighted by atomic mass is 10.0. The Morgan fingerprint density at radius 1 is 1.38 bits per heavy atom. The zero-order valence-corrected chi connectivity index (χ0v) is 8.01. The van der Waals surface area contributed by atoms with E-state index in [0.29, 0.717) is 6.04 Å². The lowest BCUT2D eigenvalue weighted by Gasteiger charge is -2.11. The van der Waals surface area contributed by atoms with Gasteiger partial charge in [0.2, 0.25) is 0 Å². The first-order valence-electron chi connectivity index (χ1n) is 5.19. The van der Waals surface area contributed by atoms with Crippen LogP contribution >= 0.6 is 0 Å². The third-order valence-electron chi connectivity index (χ3n) is 3.64. The van der Waals surface area contributed by atoms with Crippen LogP contribution in [0.4, 0.5) is 0 Å². The molecule has 13 heavy (non-hydrogen) atoms. The topological polar surface area (TPSA) is 12.0 Å². The number of hydrogen-bond donors (Lipinski definition) is 1. The number of hydrogen-bond acceptors (Lipinski definition) is 1. The monoisotopic (exact) mass is 173 g/mol. The normalized spacial score (nSPS) is 29.3. The van der Waals surface area contributed by atoms with Gasteiger partial charge in [-0.05, 0) is 48.9 Å². The Balaban J connectivity index is 2.18. The third kappa shape index (κ3) is 0.910. The molecule has 1 N–H and O–H groups in total. The van der Waals surface area contributed by atoms with E-state index in [1.807, 2.05) is 0 Å². The predicted octanol–water partition coefficient (Wildman–Crippen LogP) is 2.38. The summed E-state index contributed by atoms with van der Waals surface area (Å²) in [5, 5.41) is 3.41. The molecule has 0 aliphatic heterocycles. The molecule has 2 atom stereocenters. The molecule has 0 heterocycles. The van der Waals surface area contributed by atoms with E-state index in [1.165, 1.54) is 19.3 Å². The highest BCUT2D eigenvalue weighted by molar-refractivity contribution is 5.47. The van der Waals surface area contributed by atoms with Crippen LogP contribution in [0.3, 0.4) is 0 Å². The van der Waals surface area contributed by atoms with Gasteiger partial charge in [-0.1, -0.05) is 18.2 Å². The Morgan fingerprint density at radius 3 is 3.15 bits per heavy atom. The zero-order chi connectivity index (χ0) is 8.84. The van der Waals surface area contributed by atoms with Crippen molar-refractivity contribution in [3.05, 3.63) is 34.9 Å². The second-order valence-electron chi connectivity index (χ2n) is 4.23. The Labute approximate surface area is 79.2 Å². The fourth-order valence-electron chi connectivity index (χ4n) is 3.05. The molecule has 1 nitrogen and oxygen atoms in total. The first-order valence-corrected chi connectivity index (χ1v) is 5.19. The summed E-state index contributed by atoms with van der Waals surface area (Å²) in [6.07, 6.45) is 4.01. The largest absolute Gasteiger partial charge is 0.313 e. The Morgan fingerprint density at radius 2 is 2.31 bits per heavy atom. The van der Waals surface area contributed by atoms with Crippen LogP contribution in [-0.2, 0) is 6.42 Å². The molecule has 0 saturated heterocycles. The summed E-state index contributed by atoms with van der Waals surface area (Å²) in [5.74, 6) is 0.864. The van der Waals surface area contributed by atoms with E-state index in [-0.39, 0.29) is 0 Å². The van der Waals surface area contributed by atoms with Crippen molar-refractivity contribution in [1.82, 2.24) is 5.32 Å². The van der Waals surface area contributed by atoms with E-state index in [0.717, 1.165) is 5.92 Å². The molecular weight excluding hydrogens is 158 g/mol. The van der Waals surface area contributed by atoms with E-state index in [2.05, 4.69) is 30.6 Å². The third-order valence-corrected chi connectivity index (χ3v) is 3.64. The molecule has 0 saturated carbocycles. The van der Waals surface area contributed by atoms with Gasteiger partial charge < -0.3 is 5.32 Å². The van der Waals surface area contributed by atoms with E-state index in [9.17, 15) is 0 Å². The van der Waals surface area contributed by atoms with Crippen LogP contribution < -0.4 is 5.32 Å². The van der Waals surface area contributed by atoms with Crippen LogP contribution in [0.25, 0.3) is 0 Å². The summed E-state index contributed by atoms with van der Waals surface area (Å²) in [6.45, 7) is 0. The molecule has 2 unspecified atom stereocenters. The summed E-state index contributed by atoms with van der Waals surface area (Å²) in [6, 6.07) is 7.44. The van der Waals surface area contributed by atoms with Crippen molar-refractivity contribution >= 4 is 0 Å². The average Bonchev–Trinajstić information content (AvgIpc) is 2.72. The van der Waals surface area contributed by atoms with E-state index in [4.69, 9.17) is 0 Å². The van der Waals surface area contributed by atoms with Crippen LogP contribution in [0.2, 0.25) is 0 Å². The average molecular weight is 173 g/mol. The minimum atomic E-state index is 0.625. The molecule has 1 heteroatoms. The second-order valence-corrected chi connectivity index (χ2v) is 4.23. The maximum atomic E-state index is 3.41. The van der Waals surface area contributed by atoms with Crippen molar-refractivity contribution in [2.24, 2.45) is 0 Å². The molecule has 2 aliphatic rings. The summed E-state index contributed by atoms with van der Waals surface area (Å²) >= 11 is 0. The fourth-order valence-corrected chi connectivity index (χ4v) is 3.05. The summed E-state index contributed by atoms with van der Waals surface area (Å²) in [4.78, 5) is 0. The van der Waals surface area contributed by atoms with Crippen LogP contribution in [0.15, 0.2) is 18.2 Å². The van der Waals surface area contributed by atoms with E-state index < -0.39 is 0 Å². The highest BCUT2D eigenvalue weighted by Gasteiger charge is 2.34. The van der Waals surface area contributed by atoms with Gasteiger partial charge in [0, 0.05) is 6.04 Å². The van der Waals surface area contributed by atoms with Gasteiger partial charge in [-0.15, -0.1) is 0 Å². The van der Waals surface area contributed by atoms with Gasteiger partial charge in [0.05, 0.1) is 0 Å². The molecule has 68 valence electrons. The summed E-state index contributed by atoms with van der Waals surface area (Å²) < 4.78 is 0. The smallest absolute Gasteiger partial charge is 0.0326 e. The number of nitrogens with one attached hydrogen (secondary N) is 1. The zero-order valence-electron chi connectivity index (χ0n) is 8.01. The van der Waals surface area contributed by atoms with Gasteiger partial charge in [0.25, 0.3) is 0 Å². The quantitative estimate of drug-likeness (QED) is 0.687. The van der Waals surface area contributed by atoms with Crippen LogP contribution in [0.1, 0.15) is 41.5 Å². The van der Waals surface area contributed by atoms with E-state index >= 15 is 0 Å². The maximum Gasteiger partial charge on any atom is 0.0326 e. The minimum Gasteiger partial charge on any atom is -0.313 e. The highest BCUT2D eigenvalue weighted by atomic mass is 14.9. The summed E-state index contributed by atoms with van der Waals surface area (Å²) in [7, 11) is 2.07. The van der Waals surface area contributed by atoms with Crippen LogP contribution in [0.5, 0.6) is 0 Å². The lowest BCUT2D eigenvalue weighted by Crippen LogP contribution is -2.13. The molecular formula is C12H15N. The molecule has 3 rings (SSSR count). The summed E-state index contributed by atoms with van der Waals surface area (Å²) in [5.41, 5.74) is 4.87. The molecule has 1 aromatic rings. The van der Waals surface area contributed by atoms with Crippen LogP contribution in [-0.4, -0.2) is 7.05 Å². The van der Waals surface area contributed by atoms with Crippen molar-refractivity contribution in [2.45, 2.75) is 31.2 Å². The van der Waals surface area contributed by atoms with Gasteiger partial charge in [-0.3, -0.25) is 0 Å². The first-order chi connectivity index (χ1) is 6.40. The van der Waals surface area contributed by atoms with Crippen molar-refractivity contribution in [1.29, 1.82) is 0 Å². The van der Waals surface area contributed by atoms with Crippen molar-refractivity contribution in [3.8, 4) is 0 Å². The van der Waals surface area contributed by atoms with Gasteiger partial charge in [0.15, 0.2) is 0 Å². The molecule has 0 amide bonds.